The minimum absolute atomic E-state index is 0.185. The van der Waals surface area contributed by atoms with Crippen molar-refractivity contribution in [2.24, 2.45) is 5.16 Å². The number of oxime groups is 1. The maximum absolute atomic E-state index is 13.9. The molecule has 0 spiro atoms. The normalized spacial score (nSPS) is 22.5. The van der Waals surface area contributed by atoms with Gasteiger partial charge in [0.25, 0.3) is 0 Å². The van der Waals surface area contributed by atoms with Gasteiger partial charge in [-0.3, -0.25) is 10.1 Å². The molecule has 3 rings (SSSR count). The van der Waals surface area contributed by atoms with Crippen molar-refractivity contribution in [3.63, 3.8) is 0 Å². The molecule has 1 aliphatic heterocycles. The molecule has 0 saturated heterocycles. The van der Waals surface area contributed by atoms with E-state index in [0.29, 0.717) is 16.7 Å². The Balaban J connectivity index is 2.06. The fraction of sp³-hybridized carbons (Fsp3) is 0.167. The molecule has 27 heavy (non-hydrogen) atoms. The minimum Gasteiger partial charge on any atom is -0.367 e. The molecular weight excluding hydrogens is 385 g/mol. The minimum atomic E-state index is -5.08. The van der Waals surface area contributed by atoms with Crippen LogP contribution in [0.25, 0.3) is 6.08 Å². The maximum Gasteiger partial charge on any atom is 0.442 e. The van der Waals surface area contributed by atoms with Crippen molar-refractivity contribution >= 4 is 23.4 Å². The van der Waals surface area contributed by atoms with Crippen molar-refractivity contribution in [2.45, 2.75) is 17.8 Å². The highest BCUT2D eigenvalue weighted by Gasteiger charge is 2.71. The Kier molecular flexibility index (Phi) is 4.93. The summed E-state index contributed by atoms with van der Waals surface area (Å²) in [7, 11) is 0. The average molecular weight is 397 g/mol. The van der Waals surface area contributed by atoms with Crippen molar-refractivity contribution in [3.05, 3.63) is 86.9 Å². The summed E-state index contributed by atoms with van der Waals surface area (Å²) in [6.07, 6.45) is -3.35. The summed E-state index contributed by atoms with van der Waals surface area (Å²) in [5.41, 5.74) is -3.05. The second-order valence-electron chi connectivity index (χ2n) is 5.80. The highest BCUT2D eigenvalue weighted by Crippen LogP contribution is 2.44. The fourth-order valence-corrected chi connectivity index (χ4v) is 2.85. The van der Waals surface area contributed by atoms with E-state index in [1.54, 1.807) is 18.2 Å². The lowest BCUT2D eigenvalue weighted by atomic mass is 9.87. The van der Waals surface area contributed by atoms with E-state index >= 15 is 0 Å². The average Bonchev–Trinajstić information content (AvgIpc) is 3.03. The Morgan fingerprint density at radius 2 is 1.78 bits per heavy atom. The third kappa shape index (κ3) is 3.52. The summed E-state index contributed by atoms with van der Waals surface area (Å²) in [5.74, 6) is 0. The molecule has 2 aromatic carbocycles. The van der Waals surface area contributed by atoms with Gasteiger partial charge in [-0.15, -0.1) is 0 Å². The Bertz CT molecular complexity index is 898. The summed E-state index contributed by atoms with van der Waals surface area (Å²) < 4.78 is 41.7. The van der Waals surface area contributed by atoms with Gasteiger partial charge in [0.2, 0.25) is 0 Å². The number of alkyl halides is 3. The van der Waals surface area contributed by atoms with Crippen LogP contribution < -0.4 is 0 Å². The molecule has 9 heteroatoms. The van der Waals surface area contributed by atoms with E-state index in [2.05, 4.69) is 5.16 Å². The van der Waals surface area contributed by atoms with Gasteiger partial charge < -0.3 is 4.84 Å². The lowest BCUT2D eigenvalue weighted by Gasteiger charge is -2.27. The van der Waals surface area contributed by atoms with E-state index < -0.39 is 28.5 Å². The SMILES string of the molecule is O=[N+]([O-])C1C(c2ccccc2)=NO[C@]1(/C=C/c1ccc(Cl)cc1)C(F)(F)F. The quantitative estimate of drug-likeness (QED) is 0.554. The van der Waals surface area contributed by atoms with Crippen LogP contribution in [0.5, 0.6) is 0 Å². The Morgan fingerprint density at radius 1 is 1.15 bits per heavy atom. The molecule has 0 N–H and O–H groups in total. The van der Waals surface area contributed by atoms with Gasteiger partial charge in [-0.2, -0.15) is 13.2 Å². The van der Waals surface area contributed by atoms with Gasteiger partial charge in [-0.1, -0.05) is 65.3 Å². The topological polar surface area (TPSA) is 64.7 Å². The molecule has 0 aliphatic carbocycles. The van der Waals surface area contributed by atoms with Gasteiger partial charge in [0, 0.05) is 15.5 Å². The second kappa shape index (κ2) is 7.03. The first kappa shape index (κ1) is 18.9. The molecular formula is C18H12ClF3N2O3. The largest absolute Gasteiger partial charge is 0.442 e. The molecule has 1 heterocycles. The fourth-order valence-electron chi connectivity index (χ4n) is 2.72. The summed E-state index contributed by atoms with van der Waals surface area (Å²) in [6, 6.07) is 11.3. The molecule has 0 radical (unpaired) electrons. The van der Waals surface area contributed by atoms with Crippen LogP contribution in [0.4, 0.5) is 13.2 Å². The third-order valence-electron chi connectivity index (χ3n) is 4.08. The predicted octanol–water partition coefficient (Wildman–Crippen LogP) is 4.73. The number of nitrogens with zero attached hydrogens (tertiary/aromatic N) is 2. The molecule has 5 nitrogen and oxygen atoms in total. The lowest BCUT2D eigenvalue weighted by molar-refractivity contribution is -0.531. The Labute approximate surface area is 156 Å². The number of rotatable bonds is 4. The van der Waals surface area contributed by atoms with Crippen LogP contribution >= 0.6 is 11.6 Å². The standard InChI is InChI=1S/C18H12ClF3N2O3/c19-14-8-6-12(7-9-14)10-11-17(18(20,21)22)16(24(25)26)15(23-27-17)13-4-2-1-3-5-13/h1-11,16H/b11-10+/t16?,17-/m0/s1. The molecule has 0 aromatic heterocycles. The summed E-state index contributed by atoms with van der Waals surface area (Å²) >= 11 is 5.75. The number of nitro groups is 1. The number of hydrogen-bond donors (Lipinski definition) is 0. The molecule has 0 saturated carbocycles. The molecule has 1 aliphatic rings. The predicted molar refractivity (Wildman–Crippen MR) is 94.1 cm³/mol. The second-order valence-corrected chi connectivity index (χ2v) is 6.23. The summed E-state index contributed by atoms with van der Waals surface area (Å²) in [5, 5.41) is 15.4. The first-order valence-electron chi connectivity index (χ1n) is 7.71. The molecule has 2 aromatic rings. The van der Waals surface area contributed by atoms with Crippen molar-refractivity contribution in [2.75, 3.05) is 0 Å². The van der Waals surface area contributed by atoms with E-state index in [-0.39, 0.29) is 5.56 Å². The van der Waals surface area contributed by atoms with Gasteiger partial charge in [0.15, 0.2) is 5.71 Å². The number of benzene rings is 2. The van der Waals surface area contributed by atoms with Crippen LogP contribution in [-0.2, 0) is 4.84 Å². The molecule has 0 bridgehead atoms. The zero-order valence-corrected chi connectivity index (χ0v) is 14.3. The zero-order chi connectivity index (χ0) is 19.7. The van der Waals surface area contributed by atoms with Crippen LogP contribution in [-0.4, -0.2) is 28.5 Å². The van der Waals surface area contributed by atoms with E-state index in [0.717, 1.165) is 6.08 Å². The highest BCUT2D eigenvalue weighted by atomic mass is 35.5. The molecule has 2 atom stereocenters. The van der Waals surface area contributed by atoms with Crippen LogP contribution in [0, 0.1) is 10.1 Å². The van der Waals surface area contributed by atoms with E-state index in [9.17, 15) is 23.3 Å². The van der Waals surface area contributed by atoms with Gasteiger partial charge in [0.1, 0.15) is 0 Å². The van der Waals surface area contributed by atoms with Crippen molar-refractivity contribution < 1.29 is 22.9 Å². The van der Waals surface area contributed by atoms with Crippen LogP contribution in [0.2, 0.25) is 5.02 Å². The van der Waals surface area contributed by atoms with Gasteiger partial charge in [-0.25, -0.2) is 0 Å². The monoisotopic (exact) mass is 396 g/mol. The Hall–Kier alpha value is -2.87. The van der Waals surface area contributed by atoms with Crippen molar-refractivity contribution in [1.82, 2.24) is 0 Å². The molecule has 1 unspecified atom stereocenters. The first-order chi connectivity index (χ1) is 12.7. The lowest BCUT2D eigenvalue weighted by Crippen LogP contribution is -2.57. The maximum atomic E-state index is 13.9. The van der Waals surface area contributed by atoms with Gasteiger partial charge in [0.05, 0.1) is 0 Å². The van der Waals surface area contributed by atoms with Crippen LogP contribution in [0.3, 0.4) is 0 Å². The molecule has 0 fully saturated rings. The van der Waals surface area contributed by atoms with Crippen molar-refractivity contribution in [1.29, 1.82) is 0 Å². The summed E-state index contributed by atoms with van der Waals surface area (Å²) in [6.45, 7) is 0. The summed E-state index contributed by atoms with van der Waals surface area (Å²) in [4.78, 5) is 15.3. The van der Waals surface area contributed by atoms with Crippen LogP contribution in [0.15, 0.2) is 65.8 Å². The smallest absolute Gasteiger partial charge is 0.367 e. The first-order valence-corrected chi connectivity index (χ1v) is 8.09. The van der Waals surface area contributed by atoms with Crippen LogP contribution in [0.1, 0.15) is 11.1 Å². The number of halogens is 4. The third-order valence-corrected chi connectivity index (χ3v) is 4.33. The van der Waals surface area contributed by atoms with E-state index in [4.69, 9.17) is 16.4 Å². The molecule has 140 valence electrons. The van der Waals surface area contributed by atoms with E-state index in [1.165, 1.54) is 36.4 Å². The van der Waals surface area contributed by atoms with Crippen molar-refractivity contribution in [3.8, 4) is 0 Å². The highest BCUT2D eigenvalue weighted by molar-refractivity contribution is 6.30. The van der Waals surface area contributed by atoms with Gasteiger partial charge >= 0.3 is 17.8 Å². The molecule has 0 amide bonds. The van der Waals surface area contributed by atoms with E-state index in [1.807, 2.05) is 0 Å². The zero-order valence-electron chi connectivity index (χ0n) is 13.6. The van der Waals surface area contributed by atoms with Gasteiger partial charge in [-0.05, 0) is 23.8 Å². The number of hydrogen-bond acceptors (Lipinski definition) is 4. The Morgan fingerprint density at radius 3 is 2.33 bits per heavy atom.